The molecule has 0 amide bonds. The predicted molar refractivity (Wildman–Crippen MR) is 78.9 cm³/mol. The maximum atomic E-state index is 5.99. The number of benzene rings is 2. The fourth-order valence-corrected chi connectivity index (χ4v) is 2.25. The van der Waals surface area contributed by atoms with Gasteiger partial charge in [0.05, 0.1) is 11.8 Å². The van der Waals surface area contributed by atoms with Crippen LogP contribution in [0.2, 0.25) is 0 Å². The van der Waals surface area contributed by atoms with Gasteiger partial charge in [-0.1, -0.05) is 37.8 Å². The van der Waals surface area contributed by atoms with E-state index in [0.29, 0.717) is 0 Å². The van der Waals surface area contributed by atoms with Crippen molar-refractivity contribution in [1.82, 2.24) is 0 Å². The van der Waals surface area contributed by atoms with Crippen molar-refractivity contribution in [3.8, 4) is 0 Å². The van der Waals surface area contributed by atoms with Gasteiger partial charge in [-0.15, -0.1) is 11.6 Å². The number of hydrogen-bond acceptors (Lipinski definition) is 1. The number of para-hydroxylation sites is 1. The SMILES string of the molecule is C=C[N+](C)=[C-]c1c(C)ccc2c1oc1ccccc12. The third-order valence-corrected chi connectivity index (χ3v) is 3.32. The topological polar surface area (TPSA) is 16.1 Å². The van der Waals surface area contributed by atoms with E-state index in [-0.39, 0.29) is 0 Å². The van der Waals surface area contributed by atoms with Gasteiger partial charge in [0, 0.05) is 5.39 Å². The second-order valence-corrected chi connectivity index (χ2v) is 4.64. The number of furan rings is 1. The highest BCUT2D eigenvalue weighted by atomic mass is 16.3. The van der Waals surface area contributed by atoms with Gasteiger partial charge in [0.2, 0.25) is 0 Å². The largest absolute Gasteiger partial charge is 0.500 e. The highest BCUT2D eigenvalue weighted by Crippen LogP contribution is 2.31. The summed E-state index contributed by atoms with van der Waals surface area (Å²) in [5.41, 5.74) is 3.92. The fraction of sp³-hybridized carbons (Fsp3) is 0.118. The summed E-state index contributed by atoms with van der Waals surface area (Å²) in [5.74, 6) is 0. The van der Waals surface area contributed by atoms with Gasteiger partial charge < -0.3 is 4.42 Å². The van der Waals surface area contributed by atoms with Crippen LogP contribution in [0, 0.1) is 6.92 Å². The van der Waals surface area contributed by atoms with Crippen LogP contribution in [0.5, 0.6) is 0 Å². The van der Waals surface area contributed by atoms with Crippen LogP contribution in [0.25, 0.3) is 21.9 Å². The van der Waals surface area contributed by atoms with Crippen molar-refractivity contribution >= 4 is 28.2 Å². The summed E-state index contributed by atoms with van der Waals surface area (Å²) < 4.78 is 7.80. The molecule has 94 valence electrons. The lowest BCUT2D eigenvalue weighted by Gasteiger charge is -2.06. The molecule has 2 nitrogen and oxygen atoms in total. The van der Waals surface area contributed by atoms with Crippen LogP contribution < -0.4 is 0 Å². The maximum absolute atomic E-state index is 5.99. The second-order valence-electron chi connectivity index (χ2n) is 4.64. The quantitative estimate of drug-likeness (QED) is 0.381. The van der Waals surface area contributed by atoms with Crippen LogP contribution in [0.1, 0.15) is 11.1 Å². The molecule has 0 atom stereocenters. The molecule has 0 saturated heterocycles. The average Bonchev–Trinajstić information content (AvgIpc) is 2.80. The first-order valence-electron chi connectivity index (χ1n) is 6.23. The molecule has 2 aromatic carbocycles. The first-order chi connectivity index (χ1) is 9.20. The summed E-state index contributed by atoms with van der Waals surface area (Å²) in [7, 11) is 1.91. The van der Waals surface area contributed by atoms with Crippen LogP contribution in [-0.2, 0) is 0 Å². The Labute approximate surface area is 112 Å². The van der Waals surface area contributed by atoms with E-state index >= 15 is 0 Å². The van der Waals surface area contributed by atoms with Crippen molar-refractivity contribution in [2.24, 2.45) is 0 Å². The molecule has 2 heteroatoms. The van der Waals surface area contributed by atoms with E-state index in [9.17, 15) is 0 Å². The first-order valence-corrected chi connectivity index (χ1v) is 6.23. The minimum Gasteiger partial charge on any atom is -0.500 e. The number of aryl methyl sites for hydroxylation is 1. The van der Waals surface area contributed by atoms with Crippen LogP contribution in [-0.4, -0.2) is 17.8 Å². The molecular weight excluding hydrogens is 234 g/mol. The number of rotatable bonds is 2. The van der Waals surface area contributed by atoms with Crippen molar-refractivity contribution in [1.29, 1.82) is 0 Å². The Morgan fingerprint density at radius 3 is 2.74 bits per heavy atom. The van der Waals surface area contributed by atoms with Crippen LogP contribution in [0.15, 0.2) is 53.6 Å². The molecule has 0 aliphatic heterocycles. The van der Waals surface area contributed by atoms with E-state index in [0.717, 1.165) is 33.1 Å². The summed E-state index contributed by atoms with van der Waals surface area (Å²) in [6, 6.07) is 12.3. The van der Waals surface area contributed by atoms with Crippen molar-refractivity contribution < 1.29 is 8.99 Å². The predicted octanol–water partition coefficient (Wildman–Crippen LogP) is 3.98. The van der Waals surface area contributed by atoms with E-state index < -0.39 is 0 Å². The molecule has 0 bridgehead atoms. The van der Waals surface area contributed by atoms with Crippen LogP contribution >= 0.6 is 0 Å². The molecule has 0 radical (unpaired) electrons. The molecule has 0 spiro atoms. The highest BCUT2D eigenvalue weighted by Gasteiger charge is 2.07. The van der Waals surface area contributed by atoms with Crippen molar-refractivity contribution in [2.45, 2.75) is 6.92 Å². The molecule has 0 aliphatic rings. The van der Waals surface area contributed by atoms with Gasteiger partial charge in [-0.25, -0.2) is 0 Å². The zero-order valence-corrected chi connectivity index (χ0v) is 11.1. The Morgan fingerprint density at radius 2 is 1.95 bits per heavy atom. The molecule has 3 aromatic rings. The normalized spacial score (nSPS) is 12.2. The van der Waals surface area contributed by atoms with E-state index in [1.165, 1.54) is 0 Å². The summed E-state index contributed by atoms with van der Waals surface area (Å²) in [4.78, 5) is 0. The van der Waals surface area contributed by atoms with Crippen LogP contribution in [0.3, 0.4) is 0 Å². The van der Waals surface area contributed by atoms with Gasteiger partial charge in [0.25, 0.3) is 0 Å². The Hall–Kier alpha value is -2.35. The zero-order chi connectivity index (χ0) is 13.4. The van der Waals surface area contributed by atoms with Gasteiger partial charge in [-0.05, 0) is 17.0 Å². The van der Waals surface area contributed by atoms with Crippen LogP contribution in [0.4, 0.5) is 0 Å². The van der Waals surface area contributed by atoms with Crippen molar-refractivity contribution in [3.05, 3.63) is 60.3 Å². The third-order valence-electron chi connectivity index (χ3n) is 3.32. The van der Waals surface area contributed by atoms with E-state index in [4.69, 9.17) is 4.42 Å². The van der Waals surface area contributed by atoms with E-state index in [1.807, 2.05) is 29.8 Å². The first kappa shape index (κ1) is 11.7. The number of nitrogens with zero attached hydrogens (tertiary/aromatic N) is 1. The maximum Gasteiger partial charge on any atom is 0.156 e. The standard InChI is InChI=1S/C17H15NO/c1-4-18(3)11-15-12(2)9-10-14-13-7-5-6-8-16(13)19-17(14)15/h4-10H,1H2,2-3H3. The molecule has 0 aliphatic carbocycles. The zero-order valence-electron chi connectivity index (χ0n) is 11.1. The minimum absolute atomic E-state index is 0.884. The fourth-order valence-electron chi connectivity index (χ4n) is 2.25. The third kappa shape index (κ3) is 1.85. The Bertz CT molecular complexity index is 809. The lowest BCUT2D eigenvalue weighted by molar-refractivity contribution is -0.415. The molecule has 0 fully saturated rings. The Balaban J connectivity index is 2.43. The minimum atomic E-state index is 0.884. The summed E-state index contributed by atoms with van der Waals surface area (Å²) in [6.07, 6.45) is 5.01. The van der Waals surface area contributed by atoms with Gasteiger partial charge in [-0.2, -0.15) is 0 Å². The smallest absolute Gasteiger partial charge is 0.156 e. The highest BCUT2D eigenvalue weighted by molar-refractivity contribution is 6.10. The van der Waals surface area contributed by atoms with Gasteiger partial charge in [0.15, 0.2) is 6.21 Å². The van der Waals surface area contributed by atoms with E-state index in [2.05, 4.69) is 37.9 Å². The van der Waals surface area contributed by atoms with Gasteiger partial charge in [0.1, 0.15) is 12.6 Å². The lowest BCUT2D eigenvalue weighted by atomic mass is 10.0. The monoisotopic (exact) mass is 249 g/mol. The average molecular weight is 249 g/mol. The number of hydrogen-bond donors (Lipinski definition) is 0. The molecule has 0 N–H and O–H groups in total. The summed E-state index contributed by atoms with van der Waals surface area (Å²) in [6.45, 7) is 5.80. The Morgan fingerprint density at radius 1 is 1.16 bits per heavy atom. The van der Waals surface area contributed by atoms with Gasteiger partial charge in [-0.3, -0.25) is 4.58 Å². The molecule has 1 heterocycles. The Kier molecular flexibility index (Phi) is 2.71. The summed E-state index contributed by atoms with van der Waals surface area (Å²) in [5, 5.41) is 2.27. The lowest BCUT2D eigenvalue weighted by Crippen LogP contribution is -2.00. The van der Waals surface area contributed by atoms with Gasteiger partial charge >= 0.3 is 0 Å². The van der Waals surface area contributed by atoms with Crippen molar-refractivity contribution in [2.75, 3.05) is 7.05 Å². The molecule has 0 unspecified atom stereocenters. The van der Waals surface area contributed by atoms with Crippen molar-refractivity contribution in [3.63, 3.8) is 0 Å². The second kappa shape index (κ2) is 4.39. The molecule has 3 rings (SSSR count). The molecule has 1 aromatic heterocycles. The number of fused-ring (bicyclic) bond motifs is 3. The molecule has 0 saturated carbocycles. The molecule has 19 heavy (non-hydrogen) atoms. The summed E-state index contributed by atoms with van der Waals surface area (Å²) >= 11 is 0. The molecular formula is C17H15NO. The van der Waals surface area contributed by atoms with E-state index in [1.54, 1.807) is 6.20 Å².